The predicted octanol–water partition coefficient (Wildman–Crippen LogP) is 2.19. The lowest BCUT2D eigenvalue weighted by atomic mass is 10.1. The monoisotopic (exact) mass is 249 g/mol. The van der Waals surface area contributed by atoms with Crippen LogP contribution in [0, 0.1) is 5.82 Å². The fraction of sp³-hybridized carbons (Fsp3) is 0.308. The van der Waals surface area contributed by atoms with Crippen molar-refractivity contribution in [2.24, 2.45) is 0 Å². The SMILES string of the molecule is CC(Nc1cnn(CCO)c1)c1cccc(F)c1. The number of hydrogen-bond acceptors (Lipinski definition) is 3. The van der Waals surface area contributed by atoms with Crippen LogP contribution in [0.15, 0.2) is 36.7 Å². The molecule has 1 unspecified atom stereocenters. The Labute approximate surface area is 105 Å². The highest BCUT2D eigenvalue weighted by molar-refractivity contribution is 5.41. The van der Waals surface area contributed by atoms with Crippen LogP contribution in [0.2, 0.25) is 0 Å². The molecule has 2 N–H and O–H groups in total. The molecule has 0 aliphatic rings. The number of rotatable bonds is 5. The quantitative estimate of drug-likeness (QED) is 0.854. The highest BCUT2D eigenvalue weighted by Gasteiger charge is 2.07. The average molecular weight is 249 g/mol. The standard InChI is InChI=1S/C13H16FN3O/c1-10(11-3-2-4-12(14)7-11)16-13-8-15-17(9-13)5-6-18/h2-4,7-10,16,18H,5-6H2,1H3. The molecule has 0 amide bonds. The van der Waals surface area contributed by atoms with Gasteiger partial charge in [-0.1, -0.05) is 12.1 Å². The summed E-state index contributed by atoms with van der Waals surface area (Å²) in [5.41, 5.74) is 1.73. The molecule has 0 saturated carbocycles. The highest BCUT2D eigenvalue weighted by Crippen LogP contribution is 2.19. The first kappa shape index (κ1) is 12.6. The molecule has 96 valence electrons. The fourth-order valence-corrected chi connectivity index (χ4v) is 1.77. The lowest BCUT2D eigenvalue weighted by Gasteiger charge is -2.13. The topological polar surface area (TPSA) is 50.1 Å². The Morgan fingerprint density at radius 1 is 1.50 bits per heavy atom. The molecule has 0 saturated heterocycles. The van der Waals surface area contributed by atoms with Gasteiger partial charge in [-0.3, -0.25) is 4.68 Å². The van der Waals surface area contributed by atoms with E-state index in [1.807, 2.05) is 19.2 Å². The number of aliphatic hydroxyl groups is 1. The Kier molecular flexibility index (Phi) is 3.94. The number of benzene rings is 1. The number of anilines is 1. The van der Waals surface area contributed by atoms with E-state index in [4.69, 9.17) is 5.11 Å². The molecule has 1 aromatic heterocycles. The summed E-state index contributed by atoms with van der Waals surface area (Å²) in [6, 6.07) is 6.50. The molecule has 0 radical (unpaired) electrons. The minimum absolute atomic E-state index is 0.00697. The van der Waals surface area contributed by atoms with Crippen molar-refractivity contribution in [2.75, 3.05) is 11.9 Å². The maximum Gasteiger partial charge on any atom is 0.123 e. The summed E-state index contributed by atoms with van der Waals surface area (Å²) in [6.07, 6.45) is 3.50. The van der Waals surface area contributed by atoms with Crippen molar-refractivity contribution in [1.29, 1.82) is 0 Å². The summed E-state index contributed by atoms with van der Waals surface area (Å²) in [5.74, 6) is -0.239. The molecule has 2 rings (SSSR count). The molecule has 0 aliphatic heterocycles. The lowest BCUT2D eigenvalue weighted by Crippen LogP contribution is -2.06. The van der Waals surface area contributed by atoms with Crippen LogP contribution in [0.1, 0.15) is 18.5 Å². The van der Waals surface area contributed by atoms with Gasteiger partial charge >= 0.3 is 0 Å². The summed E-state index contributed by atoms with van der Waals surface area (Å²) in [6.45, 7) is 2.48. The van der Waals surface area contributed by atoms with E-state index in [-0.39, 0.29) is 18.5 Å². The van der Waals surface area contributed by atoms with E-state index in [1.165, 1.54) is 12.1 Å². The second kappa shape index (κ2) is 5.64. The van der Waals surface area contributed by atoms with Gasteiger partial charge in [-0.15, -0.1) is 0 Å². The first-order chi connectivity index (χ1) is 8.69. The minimum Gasteiger partial charge on any atom is -0.394 e. The van der Waals surface area contributed by atoms with Crippen molar-refractivity contribution < 1.29 is 9.50 Å². The summed E-state index contributed by atoms with van der Waals surface area (Å²) in [7, 11) is 0. The van der Waals surface area contributed by atoms with Crippen LogP contribution in [0.4, 0.5) is 10.1 Å². The van der Waals surface area contributed by atoms with Crippen LogP contribution >= 0.6 is 0 Å². The van der Waals surface area contributed by atoms with Gasteiger partial charge in [0.25, 0.3) is 0 Å². The van der Waals surface area contributed by atoms with E-state index in [0.717, 1.165) is 11.3 Å². The van der Waals surface area contributed by atoms with E-state index in [2.05, 4.69) is 10.4 Å². The number of aromatic nitrogens is 2. The average Bonchev–Trinajstić information content (AvgIpc) is 2.77. The molecule has 4 nitrogen and oxygen atoms in total. The van der Waals surface area contributed by atoms with Crippen LogP contribution in [0.3, 0.4) is 0 Å². The Morgan fingerprint density at radius 2 is 2.33 bits per heavy atom. The largest absolute Gasteiger partial charge is 0.394 e. The zero-order chi connectivity index (χ0) is 13.0. The van der Waals surface area contributed by atoms with Gasteiger partial charge in [-0.05, 0) is 24.6 Å². The number of nitrogens with zero attached hydrogens (tertiary/aromatic N) is 2. The summed E-state index contributed by atoms with van der Waals surface area (Å²) < 4.78 is 14.8. The van der Waals surface area contributed by atoms with Crippen molar-refractivity contribution in [3.63, 3.8) is 0 Å². The van der Waals surface area contributed by atoms with E-state index in [1.54, 1.807) is 16.9 Å². The van der Waals surface area contributed by atoms with E-state index in [9.17, 15) is 4.39 Å². The van der Waals surface area contributed by atoms with Gasteiger partial charge < -0.3 is 10.4 Å². The summed E-state index contributed by atoms with van der Waals surface area (Å²) in [4.78, 5) is 0. The first-order valence-electron chi connectivity index (χ1n) is 5.84. The Bertz CT molecular complexity index is 512. The predicted molar refractivity (Wildman–Crippen MR) is 67.8 cm³/mol. The molecule has 1 heterocycles. The zero-order valence-corrected chi connectivity index (χ0v) is 10.2. The van der Waals surface area contributed by atoms with E-state index in [0.29, 0.717) is 6.54 Å². The van der Waals surface area contributed by atoms with Gasteiger partial charge in [0.05, 0.1) is 25.0 Å². The van der Waals surface area contributed by atoms with Crippen LogP contribution in [0.5, 0.6) is 0 Å². The lowest BCUT2D eigenvalue weighted by molar-refractivity contribution is 0.269. The maximum atomic E-state index is 13.1. The molecule has 2 aromatic rings. The molecular weight excluding hydrogens is 233 g/mol. The van der Waals surface area contributed by atoms with Gasteiger partial charge in [0.1, 0.15) is 5.82 Å². The minimum atomic E-state index is -0.239. The Hall–Kier alpha value is -1.88. The van der Waals surface area contributed by atoms with Crippen LogP contribution in [-0.4, -0.2) is 21.5 Å². The van der Waals surface area contributed by atoms with Gasteiger partial charge in [0.2, 0.25) is 0 Å². The molecule has 18 heavy (non-hydrogen) atoms. The maximum absolute atomic E-state index is 13.1. The summed E-state index contributed by atoms with van der Waals surface area (Å²) >= 11 is 0. The smallest absolute Gasteiger partial charge is 0.123 e. The van der Waals surface area contributed by atoms with Crippen LogP contribution < -0.4 is 5.32 Å². The fourth-order valence-electron chi connectivity index (χ4n) is 1.77. The molecule has 0 spiro atoms. The number of hydrogen-bond donors (Lipinski definition) is 2. The van der Waals surface area contributed by atoms with Crippen molar-refractivity contribution in [2.45, 2.75) is 19.5 Å². The van der Waals surface area contributed by atoms with E-state index >= 15 is 0 Å². The Morgan fingerprint density at radius 3 is 3.06 bits per heavy atom. The Balaban J connectivity index is 2.04. The van der Waals surface area contributed by atoms with Crippen LogP contribution in [0.25, 0.3) is 0 Å². The number of aliphatic hydroxyl groups excluding tert-OH is 1. The summed E-state index contributed by atoms with van der Waals surface area (Å²) in [5, 5.41) is 16.1. The zero-order valence-electron chi connectivity index (χ0n) is 10.2. The van der Waals surface area contributed by atoms with Gasteiger partial charge in [0.15, 0.2) is 0 Å². The third kappa shape index (κ3) is 3.07. The number of halogens is 1. The molecule has 1 atom stereocenters. The first-order valence-corrected chi connectivity index (χ1v) is 5.84. The molecule has 0 fully saturated rings. The van der Waals surface area contributed by atoms with Crippen molar-refractivity contribution >= 4 is 5.69 Å². The molecule has 1 aromatic carbocycles. The van der Waals surface area contributed by atoms with Gasteiger partial charge in [0, 0.05) is 12.2 Å². The molecule has 0 bridgehead atoms. The second-order valence-corrected chi connectivity index (χ2v) is 4.14. The van der Waals surface area contributed by atoms with Crippen LogP contribution in [-0.2, 0) is 6.54 Å². The molecule has 5 heteroatoms. The molecular formula is C13H16FN3O. The van der Waals surface area contributed by atoms with Crippen molar-refractivity contribution in [1.82, 2.24) is 9.78 Å². The van der Waals surface area contributed by atoms with E-state index < -0.39 is 0 Å². The molecule has 0 aliphatic carbocycles. The number of nitrogens with one attached hydrogen (secondary N) is 1. The van der Waals surface area contributed by atoms with Gasteiger partial charge in [-0.2, -0.15) is 5.10 Å². The third-order valence-corrected chi connectivity index (χ3v) is 2.69. The normalized spacial score (nSPS) is 12.4. The van der Waals surface area contributed by atoms with Crippen molar-refractivity contribution in [3.8, 4) is 0 Å². The highest BCUT2D eigenvalue weighted by atomic mass is 19.1. The van der Waals surface area contributed by atoms with Crippen molar-refractivity contribution in [3.05, 3.63) is 48.0 Å². The third-order valence-electron chi connectivity index (χ3n) is 2.69. The second-order valence-electron chi connectivity index (χ2n) is 4.14. The van der Waals surface area contributed by atoms with Gasteiger partial charge in [-0.25, -0.2) is 4.39 Å².